The van der Waals surface area contributed by atoms with Crippen molar-refractivity contribution in [2.75, 3.05) is 0 Å². The van der Waals surface area contributed by atoms with Crippen molar-refractivity contribution in [2.24, 2.45) is 5.41 Å². The Labute approximate surface area is 112 Å². The van der Waals surface area contributed by atoms with Crippen molar-refractivity contribution >= 4 is 13.3 Å². The first-order valence-electron chi connectivity index (χ1n) is 6.38. The molecule has 2 heteroatoms. The van der Waals surface area contributed by atoms with Crippen molar-refractivity contribution in [3.05, 3.63) is 30.3 Å². The molecule has 98 valence electrons. The van der Waals surface area contributed by atoms with Gasteiger partial charge in [0.05, 0.1) is 0 Å². The van der Waals surface area contributed by atoms with E-state index in [-0.39, 0.29) is 5.41 Å². The molecule has 1 aromatic rings. The fraction of sp³-hybridized carbons (Fsp3) is 0.500. The zero-order valence-corrected chi connectivity index (χ0v) is 13.3. The third kappa shape index (κ3) is 3.47. The van der Waals surface area contributed by atoms with Crippen molar-refractivity contribution in [3.63, 3.8) is 0 Å². The maximum atomic E-state index is 10.7. The Bertz CT molecular complexity index is 455. The second-order valence-electron chi connectivity index (χ2n) is 6.56. The van der Waals surface area contributed by atoms with Crippen LogP contribution >= 0.6 is 0 Å². The molecule has 18 heavy (non-hydrogen) atoms. The average Bonchev–Trinajstić information content (AvgIpc) is 2.27. The first-order valence-corrected chi connectivity index (χ1v) is 9.38. The van der Waals surface area contributed by atoms with Crippen LogP contribution in [0, 0.1) is 17.3 Å². The zero-order chi connectivity index (χ0) is 14.0. The van der Waals surface area contributed by atoms with Crippen LogP contribution in [0.25, 0.3) is 0 Å². The van der Waals surface area contributed by atoms with E-state index < -0.39 is 13.3 Å². The molecule has 0 aliphatic rings. The highest BCUT2D eigenvalue weighted by atomic mass is 28.3. The summed E-state index contributed by atoms with van der Waals surface area (Å²) in [7, 11) is -2.02. The molecule has 0 spiro atoms. The van der Waals surface area contributed by atoms with Crippen LogP contribution in [0.5, 0.6) is 0 Å². The second kappa shape index (κ2) is 4.91. The Morgan fingerprint density at radius 3 is 1.89 bits per heavy atom. The van der Waals surface area contributed by atoms with Crippen LogP contribution < -0.4 is 5.19 Å². The molecule has 0 bridgehead atoms. The van der Waals surface area contributed by atoms with E-state index in [0.29, 0.717) is 0 Å². The first-order chi connectivity index (χ1) is 8.06. The van der Waals surface area contributed by atoms with E-state index in [0.717, 1.165) is 0 Å². The van der Waals surface area contributed by atoms with Gasteiger partial charge in [0, 0.05) is 5.41 Å². The van der Waals surface area contributed by atoms with Gasteiger partial charge < -0.3 is 5.11 Å². The Hall–Kier alpha value is -1.04. The van der Waals surface area contributed by atoms with Gasteiger partial charge in [0.2, 0.25) is 0 Å². The van der Waals surface area contributed by atoms with E-state index in [1.165, 1.54) is 5.19 Å². The van der Waals surface area contributed by atoms with E-state index in [1.54, 1.807) is 0 Å². The second-order valence-corrected chi connectivity index (χ2v) is 11.4. The molecule has 0 saturated carbocycles. The van der Waals surface area contributed by atoms with Crippen molar-refractivity contribution in [2.45, 2.75) is 46.0 Å². The van der Waals surface area contributed by atoms with E-state index in [9.17, 15) is 5.11 Å². The molecule has 1 nitrogen and oxygen atoms in total. The summed E-state index contributed by atoms with van der Waals surface area (Å²) in [6.07, 6.45) is 0. The highest BCUT2D eigenvalue weighted by Crippen LogP contribution is 2.21. The summed E-state index contributed by atoms with van der Waals surface area (Å²) in [6, 6.07) is 10.2. The van der Waals surface area contributed by atoms with E-state index >= 15 is 0 Å². The highest BCUT2D eigenvalue weighted by Gasteiger charge is 2.41. The molecule has 1 N–H and O–H groups in total. The van der Waals surface area contributed by atoms with Crippen LogP contribution in [0.1, 0.15) is 27.7 Å². The van der Waals surface area contributed by atoms with Gasteiger partial charge in [-0.1, -0.05) is 60.5 Å². The quantitative estimate of drug-likeness (QED) is 0.640. The van der Waals surface area contributed by atoms with Gasteiger partial charge >= 0.3 is 0 Å². The van der Waals surface area contributed by atoms with Crippen LogP contribution in [0.2, 0.25) is 13.1 Å². The smallest absolute Gasteiger partial charge is 0.131 e. The van der Waals surface area contributed by atoms with E-state index in [4.69, 9.17) is 0 Å². The van der Waals surface area contributed by atoms with Gasteiger partial charge in [-0.05, 0) is 27.7 Å². The van der Waals surface area contributed by atoms with Crippen LogP contribution in [0.15, 0.2) is 30.3 Å². The Balaban J connectivity index is 3.14. The number of hydrogen-bond donors (Lipinski definition) is 1. The molecule has 1 atom stereocenters. The molecule has 1 aromatic carbocycles. The minimum atomic E-state index is -2.02. The minimum Gasteiger partial charge on any atom is -0.381 e. The number of benzene rings is 1. The standard InChI is InChI=1S/C16H24OSi/c1-15(2,3)12-13-16(4,17)18(5,6)14-10-8-7-9-11-14/h7-11,17H,1-6H3. The number of aliphatic hydroxyl groups is 1. The third-order valence-corrected chi connectivity index (χ3v) is 7.73. The molecule has 0 amide bonds. The fourth-order valence-electron chi connectivity index (χ4n) is 1.60. The highest BCUT2D eigenvalue weighted by molar-refractivity contribution is 6.92. The molecule has 0 saturated heterocycles. The third-order valence-electron chi connectivity index (χ3n) is 3.39. The summed E-state index contributed by atoms with van der Waals surface area (Å²) in [5.41, 5.74) is -0.0782. The molecule has 0 fully saturated rings. The average molecular weight is 260 g/mol. The molecule has 1 rings (SSSR count). The van der Waals surface area contributed by atoms with Crippen molar-refractivity contribution in [3.8, 4) is 11.8 Å². The summed E-state index contributed by atoms with van der Waals surface area (Å²) in [4.78, 5) is 0. The summed E-state index contributed by atoms with van der Waals surface area (Å²) < 4.78 is 0. The minimum absolute atomic E-state index is 0.0782. The fourth-order valence-corrected chi connectivity index (χ4v) is 3.56. The van der Waals surface area contributed by atoms with Gasteiger partial charge in [-0.2, -0.15) is 0 Å². The van der Waals surface area contributed by atoms with Gasteiger partial charge in [0.25, 0.3) is 0 Å². The maximum absolute atomic E-state index is 10.7. The summed E-state index contributed by atoms with van der Waals surface area (Å²) >= 11 is 0. The van der Waals surface area contributed by atoms with Crippen molar-refractivity contribution in [1.29, 1.82) is 0 Å². The molecular formula is C16H24OSi. The van der Waals surface area contributed by atoms with E-state index in [1.807, 2.05) is 25.1 Å². The maximum Gasteiger partial charge on any atom is 0.131 e. The Morgan fingerprint density at radius 2 is 1.44 bits per heavy atom. The molecule has 0 radical (unpaired) electrons. The molecule has 1 unspecified atom stereocenters. The van der Waals surface area contributed by atoms with Gasteiger partial charge in [0.1, 0.15) is 13.3 Å². The topological polar surface area (TPSA) is 20.2 Å². The number of rotatable bonds is 2. The number of hydrogen-bond acceptors (Lipinski definition) is 1. The predicted octanol–water partition coefficient (Wildman–Crippen LogP) is 2.94. The van der Waals surface area contributed by atoms with E-state index in [2.05, 4.69) is 57.8 Å². The van der Waals surface area contributed by atoms with Gasteiger partial charge in [-0.25, -0.2) is 0 Å². The molecule has 0 heterocycles. The Kier molecular flexibility index (Phi) is 4.10. The lowest BCUT2D eigenvalue weighted by Crippen LogP contribution is -2.60. The summed E-state index contributed by atoms with van der Waals surface area (Å²) in [5.74, 6) is 6.28. The lowest BCUT2D eigenvalue weighted by Gasteiger charge is -2.35. The van der Waals surface area contributed by atoms with Crippen LogP contribution in [-0.4, -0.2) is 18.4 Å². The van der Waals surface area contributed by atoms with Crippen LogP contribution in [-0.2, 0) is 0 Å². The molecular weight excluding hydrogens is 236 g/mol. The first kappa shape index (κ1) is 15.0. The van der Waals surface area contributed by atoms with Crippen LogP contribution in [0.3, 0.4) is 0 Å². The molecule has 0 aliphatic heterocycles. The lowest BCUT2D eigenvalue weighted by molar-refractivity contribution is 0.198. The van der Waals surface area contributed by atoms with Crippen LogP contribution in [0.4, 0.5) is 0 Å². The predicted molar refractivity (Wildman–Crippen MR) is 81.4 cm³/mol. The van der Waals surface area contributed by atoms with Gasteiger partial charge in [0.15, 0.2) is 0 Å². The molecule has 0 aromatic heterocycles. The largest absolute Gasteiger partial charge is 0.381 e. The SMILES string of the molecule is CC(C)(C)C#CC(C)(O)[Si](C)(C)c1ccccc1. The monoisotopic (exact) mass is 260 g/mol. The van der Waals surface area contributed by atoms with Gasteiger partial charge in [-0.3, -0.25) is 0 Å². The lowest BCUT2D eigenvalue weighted by atomic mass is 9.98. The van der Waals surface area contributed by atoms with Crippen molar-refractivity contribution in [1.82, 2.24) is 0 Å². The van der Waals surface area contributed by atoms with Crippen molar-refractivity contribution < 1.29 is 5.11 Å². The summed E-state index contributed by atoms with van der Waals surface area (Å²) in [5, 5.41) is 11.1. The zero-order valence-electron chi connectivity index (χ0n) is 12.3. The molecule has 0 aliphatic carbocycles. The van der Waals surface area contributed by atoms with Gasteiger partial charge in [-0.15, -0.1) is 0 Å². The normalized spacial score (nSPS) is 15.5. The summed E-state index contributed by atoms with van der Waals surface area (Å²) in [6.45, 7) is 12.4. The Morgan fingerprint density at radius 1 is 0.944 bits per heavy atom.